The molecule has 0 spiro atoms. The number of sulfonamides is 1. The van der Waals surface area contributed by atoms with E-state index in [4.69, 9.17) is 11.6 Å². The molecule has 0 aromatic heterocycles. The van der Waals surface area contributed by atoms with Crippen LogP contribution in [0.5, 0.6) is 0 Å². The van der Waals surface area contributed by atoms with Gasteiger partial charge in [-0.15, -0.1) is 0 Å². The number of nitrogens with zero attached hydrogens (tertiary/aromatic N) is 1. The van der Waals surface area contributed by atoms with Crippen molar-refractivity contribution >= 4 is 56.3 Å². The van der Waals surface area contributed by atoms with Crippen LogP contribution in [0.3, 0.4) is 0 Å². The van der Waals surface area contributed by atoms with Crippen molar-refractivity contribution in [1.82, 2.24) is 0 Å². The van der Waals surface area contributed by atoms with E-state index >= 15 is 0 Å². The second-order valence-corrected chi connectivity index (χ2v) is 9.16. The summed E-state index contributed by atoms with van der Waals surface area (Å²) in [5.41, 5.74) is 1.92. The number of para-hydroxylation sites is 1. The number of amides is 3. The van der Waals surface area contributed by atoms with Gasteiger partial charge in [0.1, 0.15) is 6.54 Å². The van der Waals surface area contributed by atoms with Gasteiger partial charge in [0.15, 0.2) is 0 Å². The van der Waals surface area contributed by atoms with E-state index in [2.05, 4.69) is 16.0 Å². The summed E-state index contributed by atoms with van der Waals surface area (Å²) in [5.74, 6) is -0.530. The van der Waals surface area contributed by atoms with Crippen molar-refractivity contribution in [3.8, 4) is 0 Å². The number of urea groups is 1. The van der Waals surface area contributed by atoms with Gasteiger partial charge in [-0.3, -0.25) is 9.10 Å². The summed E-state index contributed by atoms with van der Waals surface area (Å²) in [7, 11) is -3.71. The number of carbonyl (C=O) groups is 2. The normalized spacial score (nSPS) is 10.8. The standard InChI is InChI=1S/C22H21ClN4O4S/c1-32(30,31)27(20-9-5-6-16(23)14-20)15-21(28)24-18-10-12-19(13-11-18)26-22(29)25-17-7-3-2-4-8-17/h2-14H,15H2,1H3,(H,24,28)(H2,25,26,29). The molecule has 0 radical (unpaired) electrons. The highest BCUT2D eigenvalue weighted by atomic mass is 35.5. The fourth-order valence-electron chi connectivity index (χ4n) is 2.81. The van der Waals surface area contributed by atoms with Gasteiger partial charge >= 0.3 is 6.03 Å². The van der Waals surface area contributed by atoms with Gasteiger partial charge in [0, 0.05) is 22.1 Å². The van der Waals surface area contributed by atoms with E-state index in [9.17, 15) is 18.0 Å². The summed E-state index contributed by atoms with van der Waals surface area (Å²) < 4.78 is 25.3. The topological polar surface area (TPSA) is 108 Å². The predicted octanol–water partition coefficient (Wildman–Crippen LogP) is 4.39. The predicted molar refractivity (Wildman–Crippen MR) is 128 cm³/mol. The number of anilines is 4. The molecule has 0 saturated heterocycles. The molecule has 0 saturated carbocycles. The molecule has 0 unspecified atom stereocenters. The van der Waals surface area contributed by atoms with Crippen LogP contribution in [0.4, 0.5) is 27.5 Å². The molecule has 3 rings (SSSR count). The summed E-state index contributed by atoms with van der Waals surface area (Å²) >= 11 is 5.94. The lowest BCUT2D eigenvalue weighted by molar-refractivity contribution is -0.114. The minimum Gasteiger partial charge on any atom is -0.325 e. The third-order valence-corrected chi connectivity index (χ3v) is 5.62. The number of halogens is 1. The highest BCUT2D eigenvalue weighted by Crippen LogP contribution is 2.22. The second-order valence-electron chi connectivity index (χ2n) is 6.82. The van der Waals surface area contributed by atoms with Gasteiger partial charge in [-0.25, -0.2) is 13.2 Å². The fourth-order valence-corrected chi connectivity index (χ4v) is 3.85. The second kappa shape index (κ2) is 10.2. The molecule has 10 heteroatoms. The maximum absolute atomic E-state index is 12.5. The summed E-state index contributed by atoms with van der Waals surface area (Å²) in [6.45, 7) is -0.418. The number of benzene rings is 3. The average molecular weight is 473 g/mol. The summed E-state index contributed by atoms with van der Waals surface area (Å²) in [4.78, 5) is 24.5. The van der Waals surface area contributed by atoms with Crippen LogP contribution in [0.1, 0.15) is 0 Å². The molecule has 3 N–H and O–H groups in total. The van der Waals surface area contributed by atoms with Crippen molar-refractivity contribution in [2.24, 2.45) is 0 Å². The number of carbonyl (C=O) groups excluding carboxylic acids is 2. The third-order valence-electron chi connectivity index (χ3n) is 4.24. The van der Waals surface area contributed by atoms with Crippen molar-refractivity contribution in [3.63, 3.8) is 0 Å². The molecule has 0 aliphatic rings. The smallest absolute Gasteiger partial charge is 0.323 e. The summed E-state index contributed by atoms with van der Waals surface area (Å²) in [6, 6.07) is 21.3. The van der Waals surface area contributed by atoms with Crippen LogP contribution in [0.15, 0.2) is 78.9 Å². The van der Waals surface area contributed by atoms with E-state index < -0.39 is 28.5 Å². The van der Waals surface area contributed by atoms with E-state index in [0.717, 1.165) is 10.6 Å². The summed E-state index contributed by atoms with van der Waals surface area (Å²) in [6.07, 6.45) is 1.02. The van der Waals surface area contributed by atoms with Gasteiger partial charge in [0.2, 0.25) is 15.9 Å². The minimum absolute atomic E-state index is 0.291. The zero-order valence-electron chi connectivity index (χ0n) is 17.1. The Kier molecular flexibility index (Phi) is 7.34. The Bertz CT molecular complexity index is 1200. The van der Waals surface area contributed by atoms with Crippen LogP contribution in [0, 0.1) is 0 Å². The maximum atomic E-state index is 12.5. The fraction of sp³-hybridized carbons (Fsp3) is 0.0909. The van der Waals surface area contributed by atoms with Crippen molar-refractivity contribution in [1.29, 1.82) is 0 Å². The molecule has 0 bridgehead atoms. The van der Waals surface area contributed by atoms with Crippen molar-refractivity contribution in [2.75, 3.05) is 33.1 Å². The van der Waals surface area contributed by atoms with Crippen molar-refractivity contribution in [3.05, 3.63) is 83.9 Å². The van der Waals surface area contributed by atoms with E-state index in [1.54, 1.807) is 54.6 Å². The third kappa shape index (κ3) is 6.73. The SMILES string of the molecule is CS(=O)(=O)N(CC(=O)Nc1ccc(NC(=O)Nc2ccccc2)cc1)c1cccc(Cl)c1. The molecule has 0 heterocycles. The van der Waals surface area contributed by atoms with Crippen molar-refractivity contribution in [2.45, 2.75) is 0 Å². The lowest BCUT2D eigenvalue weighted by Crippen LogP contribution is -2.37. The Hall–Kier alpha value is -3.56. The molecular weight excluding hydrogens is 452 g/mol. The Morgan fingerprint density at radius 1 is 0.812 bits per heavy atom. The van der Waals surface area contributed by atoms with Gasteiger partial charge in [-0.05, 0) is 54.6 Å². The highest BCUT2D eigenvalue weighted by Gasteiger charge is 2.21. The first-order valence-electron chi connectivity index (χ1n) is 9.47. The average Bonchev–Trinajstić information content (AvgIpc) is 2.73. The van der Waals surface area contributed by atoms with E-state index in [1.807, 2.05) is 18.2 Å². The zero-order valence-corrected chi connectivity index (χ0v) is 18.7. The molecule has 8 nitrogen and oxygen atoms in total. The number of hydrogen-bond donors (Lipinski definition) is 3. The lowest BCUT2D eigenvalue weighted by atomic mass is 10.2. The number of rotatable bonds is 7. The lowest BCUT2D eigenvalue weighted by Gasteiger charge is -2.22. The van der Waals surface area contributed by atoms with Crippen LogP contribution >= 0.6 is 11.6 Å². The van der Waals surface area contributed by atoms with Crippen LogP contribution in [0.25, 0.3) is 0 Å². The zero-order chi connectivity index (χ0) is 23.1. The molecule has 166 valence electrons. The van der Waals surface area contributed by atoms with Gasteiger partial charge in [0.05, 0.1) is 11.9 Å². The van der Waals surface area contributed by atoms with Crippen LogP contribution in [-0.4, -0.2) is 33.2 Å². The largest absolute Gasteiger partial charge is 0.325 e. The molecule has 32 heavy (non-hydrogen) atoms. The Morgan fingerprint density at radius 3 is 1.94 bits per heavy atom. The molecule has 0 aliphatic carbocycles. The van der Waals surface area contributed by atoms with Gasteiger partial charge in [-0.1, -0.05) is 35.9 Å². The first-order valence-corrected chi connectivity index (χ1v) is 11.7. The van der Waals surface area contributed by atoms with E-state index in [0.29, 0.717) is 27.8 Å². The molecule has 3 aromatic carbocycles. The van der Waals surface area contributed by atoms with E-state index in [1.165, 1.54) is 6.07 Å². The van der Waals surface area contributed by atoms with E-state index in [-0.39, 0.29) is 0 Å². The first-order chi connectivity index (χ1) is 15.2. The highest BCUT2D eigenvalue weighted by molar-refractivity contribution is 7.92. The summed E-state index contributed by atoms with van der Waals surface area (Å²) in [5, 5.41) is 8.39. The first kappa shape index (κ1) is 23.1. The van der Waals surface area contributed by atoms with Crippen LogP contribution in [0.2, 0.25) is 5.02 Å². The van der Waals surface area contributed by atoms with Gasteiger partial charge < -0.3 is 16.0 Å². The molecule has 3 aromatic rings. The monoisotopic (exact) mass is 472 g/mol. The number of hydrogen-bond acceptors (Lipinski definition) is 4. The Balaban J connectivity index is 1.60. The molecule has 0 atom stereocenters. The van der Waals surface area contributed by atoms with Crippen LogP contribution in [-0.2, 0) is 14.8 Å². The van der Waals surface area contributed by atoms with Crippen LogP contribution < -0.4 is 20.3 Å². The molecule has 3 amide bonds. The van der Waals surface area contributed by atoms with Crippen molar-refractivity contribution < 1.29 is 18.0 Å². The number of nitrogens with one attached hydrogen (secondary N) is 3. The Morgan fingerprint density at radius 2 is 1.38 bits per heavy atom. The quantitative estimate of drug-likeness (QED) is 0.474. The van der Waals surface area contributed by atoms with Gasteiger partial charge in [-0.2, -0.15) is 0 Å². The minimum atomic E-state index is -3.71. The maximum Gasteiger partial charge on any atom is 0.323 e. The Labute approximate surface area is 191 Å². The molecular formula is C22H21ClN4O4S. The molecule has 0 aliphatic heterocycles. The molecule has 0 fully saturated rings. The van der Waals surface area contributed by atoms with Gasteiger partial charge in [0.25, 0.3) is 0 Å².